The topological polar surface area (TPSA) is 62.8 Å². The number of aromatic nitrogens is 2. The number of benzene rings is 1. The number of para-hydroxylation sites is 1. The first-order valence-corrected chi connectivity index (χ1v) is 6.33. The lowest BCUT2D eigenvalue weighted by Crippen LogP contribution is -2.21. The largest absolute Gasteiger partial charge is 0.351 e. The number of nitrogens with zero attached hydrogens (tertiary/aromatic N) is 1. The minimum absolute atomic E-state index is 0.165. The van der Waals surface area contributed by atoms with Crippen LogP contribution in [-0.4, -0.2) is 21.5 Å². The fourth-order valence-corrected chi connectivity index (χ4v) is 2.72. The van der Waals surface area contributed by atoms with Gasteiger partial charge in [-0.05, 0) is 24.6 Å². The Labute approximate surface area is 114 Å². The predicted octanol–water partition coefficient (Wildman–Crippen LogP) is 2.65. The molecule has 1 N–H and O–H groups in total. The molecule has 2 aromatic heterocycles. The molecule has 0 amide bonds. The predicted molar refractivity (Wildman–Crippen MR) is 74.1 cm³/mol. The Bertz CT molecular complexity index is 906. The molecule has 1 aliphatic rings. The van der Waals surface area contributed by atoms with Gasteiger partial charge in [0.2, 0.25) is 11.6 Å². The summed E-state index contributed by atoms with van der Waals surface area (Å²) < 4.78 is 0. The quantitative estimate of drug-likeness (QED) is 0.530. The highest BCUT2D eigenvalue weighted by atomic mass is 16.1. The number of hydrogen-bond acceptors (Lipinski definition) is 3. The number of H-pyrrole nitrogens is 1. The molecule has 0 atom stereocenters. The maximum absolute atomic E-state index is 12.6. The lowest BCUT2D eigenvalue weighted by molar-refractivity contribution is 0.0974. The first-order valence-electron chi connectivity index (χ1n) is 6.33. The van der Waals surface area contributed by atoms with E-state index in [0.29, 0.717) is 16.8 Å². The molecule has 4 heteroatoms. The Morgan fingerprint density at radius 2 is 1.90 bits per heavy atom. The van der Waals surface area contributed by atoms with Crippen molar-refractivity contribution in [3.05, 3.63) is 64.6 Å². The monoisotopic (exact) mass is 262 g/mol. The van der Waals surface area contributed by atoms with Gasteiger partial charge in [-0.25, -0.2) is 0 Å². The fourth-order valence-electron chi connectivity index (χ4n) is 2.72. The highest BCUT2D eigenvalue weighted by molar-refractivity contribution is 6.31. The van der Waals surface area contributed by atoms with E-state index in [-0.39, 0.29) is 17.3 Å². The third-order valence-corrected chi connectivity index (χ3v) is 3.64. The summed E-state index contributed by atoms with van der Waals surface area (Å²) in [5, 5.41) is 0.772. The molecule has 0 spiro atoms. The van der Waals surface area contributed by atoms with E-state index in [1.807, 2.05) is 31.2 Å². The number of carbonyl (C=O) groups is 2. The van der Waals surface area contributed by atoms with Crippen molar-refractivity contribution in [3.63, 3.8) is 0 Å². The molecule has 0 saturated carbocycles. The molecule has 2 heterocycles. The molecule has 1 aromatic carbocycles. The van der Waals surface area contributed by atoms with Crippen molar-refractivity contribution >= 4 is 22.5 Å². The Morgan fingerprint density at radius 3 is 2.75 bits per heavy atom. The van der Waals surface area contributed by atoms with Gasteiger partial charge in [-0.3, -0.25) is 14.6 Å². The van der Waals surface area contributed by atoms with Crippen LogP contribution in [0.15, 0.2) is 36.5 Å². The fraction of sp³-hybridized carbons (Fsp3) is 0.0625. The molecule has 4 rings (SSSR count). The zero-order valence-electron chi connectivity index (χ0n) is 10.7. The van der Waals surface area contributed by atoms with Crippen molar-refractivity contribution in [1.29, 1.82) is 0 Å². The van der Waals surface area contributed by atoms with Gasteiger partial charge >= 0.3 is 0 Å². The average Bonchev–Trinajstić information content (AvgIpc) is 2.84. The molecule has 3 aromatic rings. The molecular weight excluding hydrogens is 252 g/mol. The van der Waals surface area contributed by atoms with Crippen LogP contribution < -0.4 is 0 Å². The van der Waals surface area contributed by atoms with Gasteiger partial charge in [0.1, 0.15) is 5.69 Å². The number of aryl methyl sites for hydroxylation is 1. The van der Waals surface area contributed by atoms with Crippen LogP contribution in [0.25, 0.3) is 10.9 Å². The average molecular weight is 262 g/mol. The van der Waals surface area contributed by atoms with E-state index in [4.69, 9.17) is 0 Å². The second-order valence-corrected chi connectivity index (χ2v) is 4.99. The van der Waals surface area contributed by atoms with Crippen LogP contribution in [0.4, 0.5) is 0 Å². The van der Waals surface area contributed by atoms with Gasteiger partial charge < -0.3 is 4.98 Å². The summed E-state index contributed by atoms with van der Waals surface area (Å²) in [7, 11) is 0. The van der Waals surface area contributed by atoms with E-state index < -0.39 is 0 Å². The Hall–Kier alpha value is -2.75. The van der Waals surface area contributed by atoms with Gasteiger partial charge in [-0.15, -0.1) is 0 Å². The molecule has 0 saturated heterocycles. The first-order chi connectivity index (χ1) is 9.66. The Balaban J connectivity index is 2.11. The SMILES string of the molecule is Cc1cnc2c(c1)C(=O)c1[nH]c3ccccc3c1C2=O. The van der Waals surface area contributed by atoms with Gasteiger partial charge in [0.15, 0.2) is 0 Å². The highest BCUT2D eigenvalue weighted by Crippen LogP contribution is 2.31. The minimum Gasteiger partial charge on any atom is -0.351 e. The summed E-state index contributed by atoms with van der Waals surface area (Å²) in [5.74, 6) is -0.353. The number of fused-ring (bicyclic) bond motifs is 4. The normalized spacial score (nSPS) is 13.4. The molecule has 0 fully saturated rings. The summed E-state index contributed by atoms with van der Waals surface area (Å²) in [6.07, 6.45) is 1.61. The Morgan fingerprint density at radius 1 is 1.10 bits per heavy atom. The lowest BCUT2D eigenvalue weighted by atomic mass is 9.90. The van der Waals surface area contributed by atoms with Crippen molar-refractivity contribution in [3.8, 4) is 0 Å². The van der Waals surface area contributed by atoms with Crippen molar-refractivity contribution < 1.29 is 9.59 Å². The third kappa shape index (κ3) is 1.28. The minimum atomic E-state index is -0.188. The van der Waals surface area contributed by atoms with Gasteiger partial charge in [0, 0.05) is 17.1 Å². The van der Waals surface area contributed by atoms with Gasteiger partial charge in [-0.1, -0.05) is 18.2 Å². The maximum Gasteiger partial charge on any atom is 0.215 e. The van der Waals surface area contributed by atoms with Crippen LogP contribution in [0.1, 0.15) is 37.7 Å². The second-order valence-electron chi connectivity index (χ2n) is 4.99. The van der Waals surface area contributed by atoms with Crippen molar-refractivity contribution in [2.45, 2.75) is 6.92 Å². The number of carbonyl (C=O) groups excluding carboxylic acids is 2. The van der Waals surface area contributed by atoms with Crippen LogP contribution in [-0.2, 0) is 0 Å². The van der Waals surface area contributed by atoms with Crippen LogP contribution in [0.2, 0.25) is 0 Å². The molecule has 20 heavy (non-hydrogen) atoms. The van der Waals surface area contributed by atoms with Gasteiger partial charge in [0.25, 0.3) is 0 Å². The van der Waals surface area contributed by atoms with Crippen molar-refractivity contribution in [2.75, 3.05) is 0 Å². The van der Waals surface area contributed by atoms with Crippen LogP contribution in [0.3, 0.4) is 0 Å². The van der Waals surface area contributed by atoms with E-state index in [0.717, 1.165) is 16.5 Å². The van der Waals surface area contributed by atoms with Crippen LogP contribution >= 0.6 is 0 Å². The summed E-state index contributed by atoms with van der Waals surface area (Å²) in [4.78, 5) is 32.4. The smallest absolute Gasteiger partial charge is 0.215 e. The summed E-state index contributed by atoms with van der Waals surface area (Å²) in [6.45, 7) is 1.85. The highest BCUT2D eigenvalue weighted by Gasteiger charge is 2.34. The lowest BCUT2D eigenvalue weighted by Gasteiger charge is -2.13. The first kappa shape index (κ1) is 11.1. The van der Waals surface area contributed by atoms with Crippen LogP contribution in [0.5, 0.6) is 0 Å². The number of rotatable bonds is 0. The Kier molecular flexibility index (Phi) is 2.02. The number of pyridine rings is 1. The number of nitrogens with one attached hydrogen (secondary N) is 1. The van der Waals surface area contributed by atoms with Crippen LogP contribution in [0, 0.1) is 6.92 Å². The molecular formula is C16H10N2O2. The molecule has 4 nitrogen and oxygen atoms in total. The standard InChI is InChI=1S/C16H10N2O2/c1-8-6-10-13(17-7-8)16(20)12-9-4-2-3-5-11(9)18-14(12)15(10)19/h2-7,18H,1H3. The number of ketones is 2. The second kappa shape index (κ2) is 3.63. The molecule has 96 valence electrons. The van der Waals surface area contributed by atoms with Gasteiger partial charge in [0.05, 0.1) is 16.8 Å². The zero-order chi connectivity index (χ0) is 13.9. The maximum atomic E-state index is 12.6. The van der Waals surface area contributed by atoms with Crippen molar-refractivity contribution in [2.24, 2.45) is 0 Å². The molecule has 0 radical (unpaired) electrons. The summed E-state index contributed by atoms with van der Waals surface area (Å²) in [6, 6.07) is 9.14. The molecule has 0 aliphatic heterocycles. The molecule has 0 unspecified atom stereocenters. The molecule has 0 bridgehead atoms. The molecule has 1 aliphatic carbocycles. The van der Waals surface area contributed by atoms with E-state index in [9.17, 15) is 9.59 Å². The van der Waals surface area contributed by atoms with E-state index >= 15 is 0 Å². The van der Waals surface area contributed by atoms with Gasteiger partial charge in [-0.2, -0.15) is 0 Å². The third-order valence-electron chi connectivity index (χ3n) is 3.64. The number of aromatic amines is 1. The summed E-state index contributed by atoms with van der Waals surface area (Å²) >= 11 is 0. The number of hydrogen-bond donors (Lipinski definition) is 1. The zero-order valence-corrected chi connectivity index (χ0v) is 10.7. The summed E-state index contributed by atoms with van der Waals surface area (Å²) in [5.41, 5.74) is 3.10. The van der Waals surface area contributed by atoms with Crippen molar-refractivity contribution in [1.82, 2.24) is 9.97 Å². The van der Waals surface area contributed by atoms with E-state index in [1.165, 1.54) is 0 Å². The van der Waals surface area contributed by atoms with E-state index in [1.54, 1.807) is 12.3 Å². The van der Waals surface area contributed by atoms with E-state index in [2.05, 4.69) is 9.97 Å².